The number of hydrogen-bond acceptors (Lipinski definition) is 4. The van der Waals surface area contributed by atoms with Gasteiger partial charge in [0.15, 0.2) is 0 Å². The Balaban J connectivity index is 1.99. The number of aromatic nitrogens is 2. The van der Waals surface area contributed by atoms with E-state index < -0.39 is 7.32 Å². The van der Waals surface area contributed by atoms with Gasteiger partial charge >= 0.3 is 7.32 Å². The third-order valence-electron chi connectivity index (χ3n) is 2.81. The van der Waals surface area contributed by atoms with E-state index in [1.54, 1.807) is 6.20 Å². The molecular weight excluding hydrogens is 195 g/mol. The Kier molecular flexibility index (Phi) is 3.28. The van der Waals surface area contributed by atoms with Gasteiger partial charge in [0.1, 0.15) is 0 Å². The summed E-state index contributed by atoms with van der Waals surface area (Å²) in [5.74, 6) is 0.499. The second kappa shape index (κ2) is 4.68. The van der Waals surface area contributed by atoms with Crippen LogP contribution in [0.15, 0.2) is 12.3 Å². The highest BCUT2D eigenvalue weighted by Gasteiger charge is 2.19. The van der Waals surface area contributed by atoms with Crippen LogP contribution in [0, 0.1) is 0 Å². The second-order valence-corrected chi connectivity index (χ2v) is 3.91. The van der Waals surface area contributed by atoms with Crippen LogP contribution in [-0.2, 0) is 0 Å². The van der Waals surface area contributed by atoms with Gasteiger partial charge in [0.2, 0.25) is 0 Å². The zero-order valence-electron chi connectivity index (χ0n) is 8.54. The van der Waals surface area contributed by atoms with Gasteiger partial charge in [0.05, 0.1) is 11.9 Å². The second-order valence-electron chi connectivity index (χ2n) is 3.91. The highest BCUT2D eigenvalue weighted by Crippen LogP contribution is 2.31. The van der Waals surface area contributed by atoms with Crippen LogP contribution in [-0.4, -0.2) is 27.3 Å². The molecule has 2 N–H and O–H groups in total. The molecule has 0 atom stereocenters. The van der Waals surface area contributed by atoms with Crippen molar-refractivity contribution >= 4 is 7.32 Å². The van der Waals surface area contributed by atoms with Crippen molar-refractivity contribution in [2.24, 2.45) is 0 Å². The average molecular weight is 210 g/mol. The Morgan fingerprint density at radius 2 is 2.07 bits per heavy atom. The highest BCUT2D eigenvalue weighted by molar-refractivity contribution is 6.32. The fourth-order valence-electron chi connectivity index (χ4n) is 2.09. The molecule has 0 amide bonds. The zero-order chi connectivity index (χ0) is 10.7. The van der Waals surface area contributed by atoms with Gasteiger partial charge in [-0.15, -0.1) is 9.94 Å². The van der Waals surface area contributed by atoms with Crippen molar-refractivity contribution in [3.05, 3.63) is 18.0 Å². The Morgan fingerprint density at radius 3 is 2.73 bits per heavy atom. The number of nitrogens with zero attached hydrogens (tertiary/aromatic N) is 2. The summed E-state index contributed by atoms with van der Waals surface area (Å²) in [4.78, 5) is 1.11. The SMILES string of the molecule is OB(O)On1ccc(C2CCCCC2)n1. The molecule has 0 unspecified atom stereocenters. The average Bonchev–Trinajstić information content (AvgIpc) is 2.67. The van der Waals surface area contributed by atoms with E-state index in [0.717, 1.165) is 10.5 Å². The first-order valence-corrected chi connectivity index (χ1v) is 5.34. The van der Waals surface area contributed by atoms with Crippen molar-refractivity contribution in [1.29, 1.82) is 0 Å². The van der Waals surface area contributed by atoms with Crippen molar-refractivity contribution < 1.29 is 14.8 Å². The first kappa shape index (κ1) is 10.5. The van der Waals surface area contributed by atoms with E-state index in [1.807, 2.05) is 6.07 Å². The molecule has 1 aliphatic rings. The first-order chi connectivity index (χ1) is 7.25. The van der Waals surface area contributed by atoms with E-state index in [2.05, 4.69) is 9.85 Å². The van der Waals surface area contributed by atoms with Gasteiger partial charge < -0.3 is 14.8 Å². The topological polar surface area (TPSA) is 67.5 Å². The highest BCUT2D eigenvalue weighted by atomic mass is 16.7. The summed E-state index contributed by atoms with van der Waals surface area (Å²) in [6, 6.07) is 1.87. The minimum atomic E-state index is -1.82. The maximum Gasteiger partial charge on any atom is 0.729 e. The number of rotatable bonds is 3. The van der Waals surface area contributed by atoms with E-state index in [1.165, 1.54) is 32.1 Å². The molecule has 1 aliphatic carbocycles. The van der Waals surface area contributed by atoms with Crippen molar-refractivity contribution in [3.8, 4) is 0 Å². The molecule has 15 heavy (non-hydrogen) atoms. The van der Waals surface area contributed by atoms with Gasteiger partial charge in [-0.25, -0.2) is 0 Å². The van der Waals surface area contributed by atoms with E-state index in [9.17, 15) is 0 Å². The molecule has 0 saturated heterocycles. The molecule has 0 spiro atoms. The summed E-state index contributed by atoms with van der Waals surface area (Å²) >= 11 is 0. The van der Waals surface area contributed by atoms with Gasteiger partial charge in [-0.2, -0.15) is 0 Å². The van der Waals surface area contributed by atoms with Crippen LogP contribution < -0.4 is 4.76 Å². The molecule has 1 saturated carbocycles. The fraction of sp³-hybridized carbons (Fsp3) is 0.667. The molecule has 2 rings (SSSR count). The molecule has 0 bridgehead atoms. The lowest BCUT2D eigenvalue weighted by molar-refractivity contribution is 0.139. The Bertz CT molecular complexity index is 310. The van der Waals surface area contributed by atoms with Crippen molar-refractivity contribution in [2.75, 3.05) is 0 Å². The minimum Gasteiger partial charge on any atom is -0.405 e. The number of hydrogen-bond donors (Lipinski definition) is 2. The van der Waals surface area contributed by atoms with E-state index >= 15 is 0 Å². The summed E-state index contributed by atoms with van der Waals surface area (Å²) in [6.07, 6.45) is 7.74. The molecule has 0 radical (unpaired) electrons. The van der Waals surface area contributed by atoms with Crippen LogP contribution in [0.25, 0.3) is 0 Å². The Morgan fingerprint density at radius 1 is 1.33 bits per heavy atom. The van der Waals surface area contributed by atoms with Gasteiger partial charge in [-0.05, 0) is 18.9 Å². The summed E-state index contributed by atoms with van der Waals surface area (Å²) in [6.45, 7) is 0. The molecule has 5 nitrogen and oxygen atoms in total. The smallest absolute Gasteiger partial charge is 0.405 e. The third kappa shape index (κ3) is 2.73. The molecule has 6 heteroatoms. The van der Waals surface area contributed by atoms with Gasteiger partial charge in [-0.3, -0.25) is 0 Å². The van der Waals surface area contributed by atoms with E-state index in [0.29, 0.717) is 5.92 Å². The van der Waals surface area contributed by atoms with Crippen LogP contribution in [0.5, 0.6) is 0 Å². The van der Waals surface area contributed by atoms with Crippen LogP contribution in [0.3, 0.4) is 0 Å². The van der Waals surface area contributed by atoms with Crippen molar-refractivity contribution in [3.63, 3.8) is 0 Å². The summed E-state index contributed by atoms with van der Waals surface area (Å²) in [5, 5.41) is 21.3. The van der Waals surface area contributed by atoms with Gasteiger partial charge in [0, 0.05) is 5.92 Å². The Hall–Kier alpha value is -1.01. The monoisotopic (exact) mass is 210 g/mol. The summed E-state index contributed by atoms with van der Waals surface area (Å²) in [5.41, 5.74) is 0.982. The lowest BCUT2D eigenvalue weighted by atomic mass is 9.87. The molecule has 1 heterocycles. The van der Waals surface area contributed by atoms with Gasteiger partial charge in [0.25, 0.3) is 0 Å². The van der Waals surface area contributed by atoms with Crippen LogP contribution >= 0.6 is 0 Å². The quantitative estimate of drug-likeness (QED) is 0.705. The molecule has 1 fully saturated rings. The standard InChI is InChI=1S/C9H15BN2O3/c13-10(14)15-12-7-6-9(11-12)8-4-2-1-3-5-8/h6-8,13-14H,1-5H2. The maximum absolute atomic E-state index is 8.60. The van der Waals surface area contributed by atoms with E-state index in [4.69, 9.17) is 10.0 Å². The molecule has 0 aliphatic heterocycles. The molecular formula is C9H15BN2O3. The fourth-order valence-corrected chi connectivity index (χ4v) is 2.09. The van der Waals surface area contributed by atoms with Crippen molar-refractivity contribution in [2.45, 2.75) is 38.0 Å². The molecule has 1 aromatic heterocycles. The lowest BCUT2D eigenvalue weighted by Gasteiger charge is -2.19. The first-order valence-electron chi connectivity index (χ1n) is 5.34. The minimum absolute atomic E-state index is 0.499. The van der Waals surface area contributed by atoms with Gasteiger partial charge in [-0.1, -0.05) is 19.3 Å². The Labute approximate surface area is 88.8 Å². The predicted octanol–water partition coefficient (Wildman–Crippen LogP) is 0.329. The van der Waals surface area contributed by atoms with Crippen LogP contribution in [0.4, 0.5) is 0 Å². The zero-order valence-corrected chi connectivity index (χ0v) is 8.54. The third-order valence-corrected chi connectivity index (χ3v) is 2.81. The van der Waals surface area contributed by atoms with E-state index in [-0.39, 0.29) is 0 Å². The summed E-state index contributed by atoms with van der Waals surface area (Å²) < 4.78 is 4.60. The largest absolute Gasteiger partial charge is 0.729 e. The molecule has 1 aromatic rings. The lowest BCUT2D eigenvalue weighted by Crippen LogP contribution is -2.29. The molecule has 82 valence electrons. The predicted molar refractivity (Wildman–Crippen MR) is 54.8 cm³/mol. The molecule has 0 aromatic carbocycles. The normalized spacial score (nSPS) is 17.7. The van der Waals surface area contributed by atoms with Crippen LogP contribution in [0.1, 0.15) is 43.7 Å². The van der Waals surface area contributed by atoms with Crippen LogP contribution in [0.2, 0.25) is 0 Å². The maximum atomic E-state index is 8.60. The summed E-state index contributed by atoms with van der Waals surface area (Å²) in [7, 11) is -1.82. The van der Waals surface area contributed by atoms with Crippen molar-refractivity contribution in [1.82, 2.24) is 9.94 Å².